The second-order valence-electron chi connectivity index (χ2n) is 7.03. The van der Waals surface area contributed by atoms with Gasteiger partial charge in [0.1, 0.15) is 0 Å². The summed E-state index contributed by atoms with van der Waals surface area (Å²) >= 11 is 0. The van der Waals surface area contributed by atoms with Crippen molar-refractivity contribution >= 4 is 5.91 Å². The summed E-state index contributed by atoms with van der Waals surface area (Å²) in [5.74, 6) is 0.511. The van der Waals surface area contributed by atoms with E-state index in [0.717, 1.165) is 37.8 Å². The molecule has 5 nitrogen and oxygen atoms in total. The van der Waals surface area contributed by atoms with Gasteiger partial charge in [-0.15, -0.1) is 0 Å². The highest BCUT2D eigenvalue weighted by molar-refractivity contribution is 5.94. The molecule has 3 aliphatic carbocycles. The molecule has 4 rings (SSSR count). The summed E-state index contributed by atoms with van der Waals surface area (Å²) in [4.78, 5) is 16.7. The molecule has 5 atom stereocenters. The van der Waals surface area contributed by atoms with E-state index < -0.39 is 12.2 Å². The molecule has 2 saturated carbocycles. The molecule has 1 amide bonds. The Morgan fingerprint density at radius 1 is 1.27 bits per heavy atom. The van der Waals surface area contributed by atoms with Gasteiger partial charge in [-0.1, -0.05) is 0 Å². The Bertz CT molecular complexity index is 602. The summed E-state index contributed by atoms with van der Waals surface area (Å²) in [6.45, 7) is 0.570. The quantitative estimate of drug-likeness (QED) is 0.767. The van der Waals surface area contributed by atoms with Crippen molar-refractivity contribution in [2.75, 3.05) is 6.54 Å². The molecule has 118 valence electrons. The van der Waals surface area contributed by atoms with Crippen LogP contribution in [0.15, 0.2) is 12.3 Å². The molecule has 0 aliphatic heterocycles. The first-order valence-corrected chi connectivity index (χ1v) is 8.25. The van der Waals surface area contributed by atoms with Crippen molar-refractivity contribution in [3.05, 3.63) is 29.1 Å². The van der Waals surface area contributed by atoms with Crippen molar-refractivity contribution in [2.45, 2.75) is 44.3 Å². The maximum atomic E-state index is 12.3. The number of aliphatic hydroxyl groups is 2. The zero-order valence-corrected chi connectivity index (χ0v) is 12.5. The molecule has 0 saturated heterocycles. The number of nitrogens with zero attached hydrogens (tertiary/aromatic N) is 1. The van der Waals surface area contributed by atoms with Crippen LogP contribution in [0, 0.1) is 17.8 Å². The number of carbonyl (C=O) groups excluding carboxylic acids is 1. The summed E-state index contributed by atoms with van der Waals surface area (Å²) in [6.07, 6.45) is 5.40. The van der Waals surface area contributed by atoms with E-state index in [1.54, 1.807) is 6.20 Å². The van der Waals surface area contributed by atoms with Gasteiger partial charge in [0.2, 0.25) is 0 Å². The van der Waals surface area contributed by atoms with Gasteiger partial charge in [-0.3, -0.25) is 9.78 Å². The van der Waals surface area contributed by atoms with Crippen LogP contribution in [0.4, 0.5) is 0 Å². The predicted octanol–water partition coefficient (Wildman–Crippen LogP) is 0.678. The third-order valence-corrected chi connectivity index (χ3v) is 5.76. The number of hydrogen-bond acceptors (Lipinski definition) is 4. The molecule has 0 spiro atoms. The topological polar surface area (TPSA) is 82.5 Å². The number of pyridine rings is 1. The van der Waals surface area contributed by atoms with Crippen molar-refractivity contribution < 1.29 is 15.0 Å². The highest BCUT2D eigenvalue weighted by atomic mass is 16.3. The number of aromatic nitrogens is 1. The summed E-state index contributed by atoms with van der Waals surface area (Å²) in [6, 6.07) is 1.96. The van der Waals surface area contributed by atoms with Crippen molar-refractivity contribution in [3.63, 3.8) is 0 Å². The zero-order valence-electron chi connectivity index (χ0n) is 12.5. The van der Waals surface area contributed by atoms with Gasteiger partial charge in [0, 0.05) is 18.4 Å². The van der Waals surface area contributed by atoms with Gasteiger partial charge < -0.3 is 15.5 Å². The standard InChI is InChI=1S/C17H22N2O3/c20-15-10-5-11(13(6-10)16(15)21)7-19-17(22)12-4-9-2-1-3-14(9)18-8-12/h4,8,10-11,13,15-16,20-21H,1-3,5-7H2,(H,19,22)/t10-,11-,13-,15+,16-/m1/s1. The van der Waals surface area contributed by atoms with Gasteiger partial charge in [0.05, 0.1) is 17.8 Å². The highest BCUT2D eigenvalue weighted by Gasteiger charge is 2.51. The molecular formula is C17H22N2O3. The second-order valence-corrected chi connectivity index (χ2v) is 7.03. The van der Waals surface area contributed by atoms with E-state index in [0.29, 0.717) is 12.1 Å². The van der Waals surface area contributed by atoms with Crippen LogP contribution in [0.5, 0.6) is 0 Å². The largest absolute Gasteiger partial charge is 0.390 e. The Hall–Kier alpha value is -1.46. The maximum Gasteiger partial charge on any atom is 0.252 e. The lowest BCUT2D eigenvalue weighted by Gasteiger charge is -2.29. The van der Waals surface area contributed by atoms with Gasteiger partial charge in [-0.25, -0.2) is 0 Å². The molecule has 1 aromatic heterocycles. The monoisotopic (exact) mass is 302 g/mol. The number of hydrogen-bond donors (Lipinski definition) is 3. The van der Waals surface area contributed by atoms with Crippen LogP contribution in [0.3, 0.4) is 0 Å². The van der Waals surface area contributed by atoms with Gasteiger partial charge in [0.15, 0.2) is 0 Å². The van der Waals surface area contributed by atoms with Crippen LogP contribution in [0.25, 0.3) is 0 Å². The van der Waals surface area contributed by atoms with E-state index >= 15 is 0 Å². The molecule has 3 aliphatic rings. The minimum Gasteiger partial charge on any atom is -0.390 e. The molecule has 3 N–H and O–H groups in total. The van der Waals surface area contributed by atoms with E-state index in [-0.39, 0.29) is 23.7 Å². The van der Waals surface area contributed by atoms with Crippen LogP contribution < -0.4 is 5.32 Å². The number of aliphatic hydroxyl groups excluding tert-OH is 2. The number of nitrogens with one attached hydrogen (secondary N) is 1. The van der Waals surface area contributed by atoms with Gasteiger partial charge >= 0.3 is 0 Å². The Balaban J connectivity index is 1.37. The minimum atomic E-state index is -0.623. The first kappa shape index (κ1) is 14.2. The number of fused-ring (bicyclic) bond motifs is 3. The second kappa shape index (κ2) is 5.32. The third-order valence-electron chi connectivity index (χ3n) is 5.76. The molecule has 22 heavy (non-hydrogen) atoms. The van der Waals surface area contributed by atoms with Crippen molar-refractivity contribution in [2.24, 2.45) is 17.8 Å². The van der Waals surface area contributed by atoms with Crippen LogP contribution in [0.2, 0.25) is 0 Å². The molecule has 1 heterocycles. The molecule has 1 aromatic rings. The lowest BCUT2D eigenvalue weighted by Crippen LogP contribution is -2.41. The Kier molecular flexibility index (Phi) is 3.42. The molecule has 2 bridgehead atoms. The Morgan fingerprint density at radius 2 is 2.14 bits per heavy atom. The fourth-order valence-corrected chi connectivity index (χ4v) is 4.54. The van der Waals surface area contributed by atoms with E-state index in [1.807, 2.05) is 6.07 Å². The number of carbonyl (C=O) groups is 1. The third kappa shape index (κ3) is 2.23. The number of aryl methyl sites for hydroxylation is 2. The molecule has 5 heteroatoms. The first-order valence-electron chi connectivity index (χ1n) is 8.25. The van der Waals surface area contributed by atoms with Crippen LogP contribution in [0.1, 0.15) is 40.9 Å². The van der Waals surface area contributed by atoms with E-state index in [9.17, 15) is 15.0 Å². The lowest BCUT2D eigenvalue weighted by atomic mass is 9.85. The van der Waals surface area contributed by atoms with Gasteiger partial charge in [0.25, 0.3) is 5.91 Å². The molecule has 2 fully saturated rings. The summed E-state index contributed by atoms with van der Waals surface area (Å²) in [5, 5.41) is 22.8. The zero-order chi connectivity index (χ0) is 15.3. The summed E-state index contributed by atoms with van der Waals surface area (Å²) in [7, 11) is 0. The molecule has 0 radical (unpaired) electrons. The van der Waals surface area contributed by atoms with Crippen molar-refractivity contribution in [3.8, 4) is 0 Å². The molecule has 0 aromatic carbocycles. The fourth-order valence-electron chi connectivity index (χ4n) is 4.54. The van der Waals surface area contributed by atoms with E-state index in [1.165, 1.54) is 5.56 Å². The predicted molar refractivity (Wildman–Crippen MR) is 80.3 cm³/mol. The van der Waals surface area contributed by atoms with Crippen LogP contribution in [-0.2, 0) is 12.8 Å². The number of rotatable bonds is 3. The van der Waals surface area contributed by atoms with Crippen LogP contribution in [-0.4, -0.2) is 39.9 Å². The fraction of sp³-hybridized carbons (Fsp3) is 0.647. The SMILES string of the molecule is O=C(NC[C@H]1C[C@@H]2C[C@H]1[C@@H](O)[C@H]2O)c1cnc2c(c1)CCC2. The highest BCUT2D eigenvalue weighted by Crippen LogP contribution is 2.48. The number of amides is 1. The Labute approximate surface area is 129 Å². The van der Waals surface area contributed by atoms with Crippen LogP contribution >= 0.6 is 0 Å². The van der Waals surface area contributed by atoms with Gasteiger partial charge in [-0.2, -0.15) is 0 Å². The summed E-state index contributed by atoms with van der Waals surface area (Å²) < 4.78 is 0. The van der Waals surface area contributed by atoms with E-state index in [4.69, 9.17) is 0 Å². The van der Waals surface area contributed by atoms with Crippen molar-refractivity contribution in [1.29, 1.82) is 0 Å². The lowest BCUT2D eigenvalue weighted by molar-refractivity contribution is -0.0332. The van der Waals surface area contributed by atoms with E-state index in [2.05, 4.69) is 10.3 Å². The van der Waals surface area contributed by atoms with Gasteiger partial charge in [-0.05, 0) is 61.5 Å². The van der Waals surface area contributed by atoms with Crippen molar-refractivity contribution in [1.82, 2.24) is 10.3 Å². The molecule has 0 unspecified atom stereocenters. The average molecular weight is 302 g/mol. The summed E-state index contributed by atoms with van der Waals surface area (Å²) in [5.41, 5.74) is 2.96. The minimum absolute atomic E-state index is 0.0833. The molecular weight excluding hydrogens is 280 g/mol. The Morgan fingerprint density at radius 3 is 2.91 bits per heavy atom. The maximum absolute atomic E-state index is 12.3. The normalized spacial score (nSPS) is 35.6. The average Bonchev–Trinajstić information content (AvgIpc) is 3.21. The smallest absolute Gasteiger partial charge is 0.252 e. The first-order chi connectivity index (χ1) is 10.6.